The molecule has 0 saturated heterocycles. The lowest BCUT2D eigenvalue weighted by atomic mass is 10.1. The fourth-order valence-electron chi connectivity index (χ4n) is 1.10. The molecule has 0 aliphatic heterocycles. The monoisotopic (exact) mass is 179 g/mol. The van der Waals surface area contributed by atoms with Gasteiger partial charge in [0.1, 0.15) is 6.61 Å². The molecule has 0 radical (unpaired) electrons. The number of primary amides is 1. The average molecular weight is 179 g/mol. The Morgan fingerprint density at radius 2 is 2.15 bits per heavy atom. The number of carbonyl (C=O) groups excluding carboxylic acids is 1. The van der Waals surface area contributed by atoms with Crippen molar-refractivity contribution in [3.8, 4) is 0 Å². The van der Waals surface area contributed by atoms with Crippen molar-refractivity contribution in [1.29, 1.82) is 0 Å². The Balaban J connectivity index is 2.75. The van der Waals surface area contributed by atoms with E-state index >= 15 is 0 Å². The maximum absolute atomic E-state index is 10.4. The molecule has 1 amide bonds. The zero-order valence-corrected chi connectivity index (χ0v) is 7.83. The van der Waals surface area contributed by atoms with Gasteiger partial charge < -0.3 is 10.5 Å². The van der Waals surface area contributed by atoms with Gasteiger partial charge in [0.05, 0.1) is 0 Å². The summed E-state index contributed by atoms with van der Waals surface area (Å²) in [4.78, 5) is 10.4. The first kappa shape index (κ1) is 9.58. The normalized spacial score (nSPS) is 9.69. The predicted molar refractivity (Wildman–Crippen MR) is 50.3 cm³/mol. The van der Waals surface area contributed by atoms with E-state index in [-0.39, 0.29) is 6.61 Å². The molecule has 3 nitrogen and oxygen atoms in total. The van der Waals surface area contributed by atoms with Crippen LogP contribution in [0.5, 0.6) is 0 Å². The van der Waals surface area contributed by atoms with Crippen molar-refractivity contribution in [2.45, 2.75) is 20.5 Å². The first-order valence-electron chi connectivity index (χ1n) is 4.08. The van der Waals surface area contributed by atoms with Crippen LogP contribution in [-0.2, 0) is 11.3 Å². The predicted octanol–water partition coefficient (Wildman–Crippen LogP) is 1.90. The molecule has 1 aromatic carbocycles. The molecule has 0 aliphatic rings. The minimum Gasteiger partial charge on any atom is -0.445 e. The lowest BCUT2D eigenvalue weighted by molar-refractivity contribution is 0.150. The average Bonchev–Trinajstić information content (AvgIpc) is 2.06. The third-order valence-corrected chi connectivity index (χ3v) is 1.87. The van der Waals surface area contributed by atoms with Crippen molar-refractivity contribution in [2.75, 3.05) is 0 Å². The number of hydrogen-bond acceptors (Lipinski definition) is 2. The van der Waals surface area contributed by atoms with Crippen LogP contribution in [0.15, 0.2) is 18.2 Å². The van der Waals surface area contributed by atoms with E-state index in [0.29, 0.717) is 0 Å². The standard InChI is InChI=1S/C10H13NO2/c1-7-3-4-8(2)9(5-7)6-13-10(11)12/h3-5H,6H2,1-2H3,(H2,11,12). The zero-order chi connectivity index (χ0) is 9.84. The molecule has 0 aromatic heterocycles. The van der Waals surface area contributed by atoms with E-state index in [2.05, 4.69) is 0 Å². The van der Waals surface area contributed by atoms with E-state index in [1.165, 1.54) is 0 Å². The van der Waals surface area contributed by atoms with Gasteiger partial charge in [0, 0.05) is 0 Å². The quantitative estimate of drug-likeness (QED) is 0.753. The second kappa shape index (κ2) is 3.94. The Hall–Kier alpha value is -1.51. The summed E-state index contributed by atoms with van der Waals surface area (Å²) in [5, 5.41) is 0. The molecule has 2 N–H and O–H groups in total. The van der Waals surface area contributed by atoms with Crippen molar-refractivity contribution in [2.24, 2.45) is 5.73 Å². The second-order valence-electron chi connectivity index (χ2n) is 3.04. The summed E-state index contributed by atoms with van der Waals surface area (Å²) in [5.41, 5.74) is 8.12. The fraction of sp³-hybridized carbons (Fsp3) is 0.300. The smallest absolute Gasteiger partial charge is 0.404 e. The van der Waals surface area contributed by atoms with Gasteiger partial charge in [0.25, 0.3) is 0 Å². The van der Waals surface area contributed by atoms with Crippen LogP contribution in [0, 0.1) is 13.8 Å². The number of carbonyl (C=O) groups is 1. The molecule has 0 unspecified atom stereocenters. The Labute approximate surface area is 77.5 Å². The van der Waals surface area contributed by atoms with E-state index in [0.717, 1.165) is 16.7 Å². The largest absolute Gasteiger partial charge is 0.445 e. The highest BCUT2D eigenvalue weighted by molar-refractivity contribution is 5.64. The van der Waals surface area contributed by atoms with Crippen LogP contribution in [0.2, 0.25) is 0 Å². The summed E-state index contributed by atoms with van der Waals surface area (Å²) >= 11 is 0. The molecule has 0 aliphatic carbocycles. The van der Waals surface area contributed by atoms with Crippen molar-refractivity contribution >= 4 is 6.09 Å². The molecule has 0 fully saturated rings. The van der Waals surface area contributed by atoms with E-state index in [1.807, 2.05) is 32.0 Å². The summed E-state index contributed by atoms with van der Waals surface area (Å²) < 4.78 is 4.70. The van der Waals surface area contributed by atoms with Crippen molar-refractivity contribution in [3.63, 3.8) is 0 Å². The van der Waals surface area contributed by atoms with Crippen LogP contribution in [0.3, 0.4) is 0 Å². The summed E-state index contributed by atoms with van der Waals surface area (Å²) in [5.74, 6) is 0. The lowest BCUT2D eigenvalue weighted by Crippen LogP contribution is -2.13. The van der Waals surface area contributed by atoms with Crippen molar-refractivity contribution in [1.82, 2.24) is 0 Å². The van der Waals surface area contributed by atoms with E-state index < -0.39 is 6.09 Å². The van der Waals surface area contributed by atoms with Crippen molar-refractivity contribution < 1.29 is 9.53 Å². The van der Waals surface area contributed by atoms with Gasteiger partial charge in [-0.2, -0.15) is 0 Å². The van der Waals surface area contributed by atoms with Gasteiger partial charge in [0.2, 0.25) is 0 Å². The molecule has 13 heavy (non-hydrogen) atoms. The maximum Gasteiger partial charge on any atom is 0.404 e. The Morgan fingerprint density at radius 3 is 2.77 bits per heavy atom. The van der Waals surface area contributed by atoms with Gasteiger partial charge in [-0.25, -0.2) is 4.79 Å². The first-order chi connectivity index (χ1) is 6.09. The molecule has 0 spiro atoms. The van der Waals surface area contributed by atoms with Gasteiger partial charge in [-0.3, -0.25) is 0 Å². The highest BCUT2D eigenvalue weighted by Crippen LogP contribution is 2.11. The van der Waals surface area contributed by atoms with Crippen LogP contribution >= 0.6 is 0 Å². The minimum atomic E-state index is -0.735. The SMILES string of the molecule is Cc1ccc(C)c(COC(N)=O)c1. The van der Waals surface area contributed by atoms with Crippen LogP contribution in [-0.4, -0.2) is 6.09 Å². The molecule has 1 rings (SSSR count). The number of nitrogens with two attached hydrogens (primary N) is 1. The molecule has 0 bridgehead atoms. The third-order valence-electron chi connectivity index (χ3n) is 1.87. The van der Waals surface area contributed by atoms with Gasteiger partial charge >= 0.3 is 6.09 Å². The lowest BCUT2D eigenvalue weighted by Gasteiger charge is -2.06. The summed E-state index contributed by atoms with van der Waals surface area (Å²) in [6.07, 6.45) is -0.735. The topological polar surface area (TPSA) is 52.3 Å². The number of ether oxygens (including phenoxy) is 1. The molecule has 0 atom stereocenters. The maximum atomic E-state index is 10.4. The fourth-order valence-corrected chi connectivity index (χ4v) is 1.10. The molecule has 1 aromatic rings. The van der Waals surface area contributed by atoms with Crippen LogP contribution in [0.25, 0.3) is 0 Å². The number of rotatable bonds is 2. The highest BCUT2D eigenvalue weighted by atomic mass is 16.5. The molecule has 3 heteroatoms. The number of amides is 1. The Morgan fingerprint density at radius 1 is 1.46 bits per heavy atom. The summed E-state index contributed by atoms with van der Waals surface area (Å²) in [6, 6.07) is 6.00. The molecule has 0 heterocycles. The van der Waals surface area contributed by atoms with Crippen molar-refractivity contribution in [3.05, 3.63) is 34.9 Å². The Kier molecular flexibility index (Phi) is 2.90. The summed E-state index contributed by atoms with van der Waals surface area (Å²) in [7, 11) is 0. The summed E-state index contributed by atoms with van der Waals surface area (Å²) in [6.45, 7) is 4.22. The van der Waals surface area contributed by atoms with Gasteiger partial charge in [-0.15, -0.1) is 0 Å². The highest BCUT2D eigenvalue weighted by Gasteiger charge is 2.00. The third kappa shape index (κ3) is 2.78. The molecular weight excluding hydrogens is 166 g/mol. The zero-order valence-electron chi connectivity index (χ0n) is 7.83. The van der Waals surface area contributed by atoms with Gasteiger partial charge in [-0.05, 0) is 25.0 Å². The number of hydrogen-bond donors (Lipinski definition) is 1. The van der Waals surface area contributed by atoms with Crippen LogP contribution < -0.4 is 5.73 Å². The van der Waals surface area contributed by atoms with E-state index in [4.69, 9.17) is 10.5 Å². The molecule has 70 valence electrons. The van der Waals surface area contributed by atoms with E-state index in [9.17, 15) is 4.79 Å². The molecule has 0 saturated carbocycles. The Bertz CT molecular complexity index is 321. The number of benzene rings is 1. The van der Waals surface area contributed by atoms with E-state index in [1.54, 1.807) is 0 Å². The minimum absolute atomic E-state index is 0.253. The number of aryl methyl sites for hydroxylation is 2. The van der Waals surface area contributed by atoms with Crippen LogP contribution in [0.4, 0.5) is 4.79 Å². The second-order valence-corrected chi connectivity index (χ2v) is 3.04. The van der Waals surface area contributed by atoms with Gasteiger partial charge in [0.15, 0.2) is 0 Å². The van der Waals surface area contributed by atoms with Gasteiger partial charge in [-0.1, -0.05) is 23.8 Å². The van der Waals surface area contributed by atoms with Crippen LogP contribution in [0.1, 0.15) is 16.7 Å². The molecular formula is C10H13NO2. The first-order valence-corrected chi connectivity index (χ1v) is 4.08.